The van der Waals surface area contributed by atoms with Gasteiger partial charge in [0.2, 0.25) is 0 Å². The van der Waals surface area contributed by atoms with Crippen LogP contribution in [-0.2, 0) is 7.05 Å². The highest BCUT2D eigenvalue weighted by Crippen LogP contribution is 2.16. The van der Waals surface area contributed by atoms with Crippen molar-refractivity contribution in [2.45, 2.75) is 6.92 Å². The number of benzene rings is 1. The van der Waals surface area contributed by atoms with Gasteiger partial charge >= 0.3 is 5.76 Å². The second-order valence-electron chi connectivity index (χ2n) is 4.11. The first kappa shape index (κ1) is 11.6. The second kappa shape index (κ2) is 4.18. The number of nitrogens with zero attached hydrogens (tertiary/aromatic N) is 1. The molecular weight excluding hydrogens is 220 g/mol. The largest absolute Gasteiger partial charge is 0.419 e. The highest BCUT2D eigenvalue weighted by Gasteiger charge is 2.15. The highest BCUT2D eigenvalue weighted by atomic mass is 16.4. The summed E-state index contributed by atoms with van der Waals surface area (Å²) in [6.07, 6.45) is 0. The minimum absolute atomic E-state index is 0.0408. The van der Waals surface area contributed by atoms with Crippen LogP contribution >= 0.6 is 0 Å². The minimum atomic E-state index is -0.434. The van der Waals surface area contributed by atoms with Gasteiger partial charge in [0, 0.05) is 25.1 Å². The second-order valence-corrected chi connectivity index (χ2v) is 4.11. The molecule has 0 aliphatic carbocycles. The van der Waals surface area contributed by atoms with E-state index in [0.29, 0.717) is 23.2 Å². The number of aryl methyl sites for hydroxylation is 1. The van der Waals surface area contributed by atoms with Gasteiger partial charge in [-0.15, -0.1) is 0 Å². The summed E-state index contributed by atoms with van der Waals surface area (Å²) in [5, 5.41) is 0. The van der Waals surface area contributed by atoms with Gasteiger partial charge in [0.05, 0.1) is 5.52 Å². The Morgan fingerprint density at radius 3 is 2.88 bits per heavy atom. The average Bonchev–Trinajstić information content (AvgIpc) is 2.62. The van der Waals surface area contributed by atoms with Gasteiger partial charge in [-0.1, -0.05) is 6.92 Å². The van der Waals surface area contributed by atoms with Crippen LogP contribution in [0.25, 0.3) is 11.1 Å². The van der Waals surface area contributed by atoms with E-state index in [2.05, 4.69) is 0 Å². The molecule has 2 N–H and O–H groups in total. The number of Topliss-reactive ketones (excluding diaryl/α,β-unsaturated/α-hetero) is 1. The predicted molar refractivity (Wildman–Crippen MR) is 64.0 cm³/mol. The lowest BCUT2D eigenvalue weighted by molar-refractivity contribution is 0.0934. The molecule has 17 heavy (non-hydrogen) atoms. The molecule has 2 rings (SSSR count). The average molecular weight is 234 g/mol. The third-order valence-electron chi connectivity index (χ3n) is 2.88. The standard InChI is InChI=1S/C12H14N2O3/c1-7(6-13)11(15)8-3-4-9-10(5-8)17-12(16)14(9)2/h3-5,7H,6,13H2,1-2H3. The predicted octanol–water partition coefficient (Wildman–Crippen LogP) is 0.909. The van der Waals surface area contributed by atoms with Crippen LogP contribution in [-0.4, -0.2) is 16.9 Å². The van der Waals surface area contributed by atoms with Crippen molar-refractivity contribution in [1.82, 2.24) is 4.57 Å². The molecule has 1 atom stereocenters. The Kier molecular flexibility index (Phi) is 2.85. The minimum Gasteiger partial charge on any atom is -0.408 e. The molecule has 5 heteroatoms. The third kappa shape index (κ3) is 1.89. The van der Waals surface area contributed by atoms with Gasteiger partial charge in [0.15, 0.2) is 11.4 Å². The molecule has 0 aliphatic heterocycles. The van der Waals surface area contributed by atoms with Crippen molar-refractivity contribution in [3.8, 4) is 0 Å². The van der Waals surface area contributed by atoms with Gasteiger partial charge in [-0.3, -0.25) is 9.36 Å². The first-order valence-corrected chi connectivity index (χ1v) is 5.38. The molecule has 0 radical (unpaired) electrons. The molecule has 1 heterocycles. The summed E-state index contributed by atoms with van der Waals surface area (Å²) < 4.78 is 6.43. The summed E-state index contributed by atoms with van der Waals surface area (Å²) in [4.78, 5) is 23.2. The summed E-state index contributed by atoms with van der Waals surface area (Å²) in [5.74, 6) is -0.708. The number of hydrogen-bond acceptors (Lipinski definition) is 4. The van der Waals surface area contributed by atoms with E-state index < -0.39 is 5.76 Å². The van der Waals surface area contributed by atoms with Crippen LogP contribution in [0.5, 0.6) is 0 Å². The molecule has 1 unspecified atom stereocenters. The SMILES string of the molecule is CC(CN)C(=O)c1ccc2c(c1)oc(=O)n2C. The number of fused-ring (bicyclic) bond motifs is 1. The van der Waals surface area contributed by atoms with E-state index in [9.17, 15) is 9.59 Å². The molecule has 0 spiro atoms. The molecule has 0 amide bonds. The summed E-state index contributed by atoms with van der Waals surface area (Å²) in [7, 11) is 1.62. The molecule has 0 bridgehead atoms. The Balaban J connectivity index is 2.52. The number of oxazole rings is 1. The first-order chi connectivity index (χ1) is 8.04. The van der Waals surface area contributed by atoms with Crippen molar-refractivity contribution < 1.29 is 9.21 Å². The zero-order valence-corrected chi connectivity index (χ0v) is 9.77. The van der Waals surface area contributed by atoms with E-state index in [1.807, 2.05) is 0 Å². The molecule has 5 nitrogen and oxygen atoms in total. The fourth-order valence-corrected chi connectivity index (χ4v) is 1.68. The summed E-state index contributed by atoms with van der Waals surface area (Å²) in [5.41, 5.74) is 7.07. The normalized spacial score (nSPS) is 12.9. The zero-order valence-electron chi connectivity index (χ0n) is 9.77. The van der Waals surface area contributed by atoms with E-state index in [1.165, 1.54) is 4.57 Å². The van der Waals surface area contributed by atoms with E-state index in [0.717, 1.165) is 0 Å². The fraction of sp³-hybridized carbons (Fsp3) is 0.333. The molecule has 90 valence electrons. The molecule has 1 aromatic heterocycles. The summed E-state index contributed by atoms with van der Waals surface area (Å²) in [6.45, 7) is 2.07. The number of ketones is 1. The molecule has 0 fully saturated rings. The molecule has 0 saturated heterocycles. The topological polar surface area (TPSA) is 78.2 Å². The molecular formula is C12H14N2O3. The molecule has 0 aliphatic rings. The number of hydrogen-bond donors (Lipinski definition) is 1. The molecule has 1 aromatic carbocycles. The quantitative estimate of drug-likeness (QED) is 0.800. The lowest BCUT2D eigenvalue weighted by atomic mass is 9.99. The lowest BCUT2D eigenvalue weighted by Gasteiger charge is -2.06. The van der Waals surface area contributed by atoms with Crippen molar-refractivity contribution in [3.05, 3.63) is 34.3 Å². The zero-order chi connectivity index (χ0) is 12.6. The van der Waals surface area contributed by atoms with Crippen LogP contribution in [0.1, 0.15) is 17.3 Å². The number of carbonyl (C=O) groups excluding carboxylic acids is 1. The maximum Gasteiger partial charge on any atom is 0.419 e. The highest BCUT2D eigenvalue weighted by molar-refractivity contribution is 6.00. The maximum absolute atomic E-state index is 11.9. The monoisotopic (exact) mass is 234 g/mol. The van der Waals surface area contributed by atoms with E-state index in [1.54, 1.807) is 32.2 Å². The third-order valence-corrected chi connectivity index (χ3v) is 2.88. The van der Waals surface area contributed by atoms with E-state index >= 15 is 0 Å². The Morgan fingerprint density at radius 1 is 1.53 bits per heavy atom. The number of aromatic nitrogens is 1. The van der Waals surface area contributed by atoms with Crippen LogP contribution in [0.2, 0.25) is 0 Å². The Labute approximate surface area is 97.8 Å². The smallest absolute Gasteiger partial charge is 0.408 e. The van der Waals surface area contributed by atoms with Crippen molar-refractivity contribution in [2.24, 2.45) is 18.7 Å². The van der Waals surface area contributed by atoms with Crippen molar-refractivity contribution in [1.29, 1.82) is 0 Å². The maximum atomic E-state index is 11.9. The number of carbonyl (C=O) groups is 1. The number of rotatable bonds is 3. The molecule has 0 saturated carbocycles. The van der Waals surface area contributed by atoms with Crippen LogP contribution in [0.3, 0.4) is 0 Å². The fourth-order valence-electron chi connectivity index (χ4n) is 1.68. The Bertz CT molecular complexity index is 624. The first-order valence-electron chi connectivity index (χ1n) is 5.38. The Morgan fingerprint density at radius 2 is 2.24 bits per heavy atom. The summed E-state index contributed by atoms with van der Waals surface area (Å²) >= 11 is 0. The molecule has 2 aromatic rings. The van der Waals surface area contributed by atoms with Gasteiger partial charge in [0.25, 0.3) is 0 Å². The van der Waals surface area contributed by atoms with Crippen LogP contribution in [0, 0.1) is 5.92 Å². The number of nitrogens with two attached hydrogens (primary N) is 1. The van der Waals surface area contributed by atoms with Crippen molar-refractivity contribution >= 4 is 16.9 Å². The Hall–Kier alpha value is -1.88. The van der Waals surface area contributed by atoms with Gasteiger partial charge in [-0.2, -0.15) is 0 Å². The van der Waals surface area contributed by atoms with Gasteiger partial charge in [-0.25, -0.2) is 4.79 Å². The van der Waals surface area contributed by atoms with Crippen LogP contribution < -0.4 is 11.5 Å². The van der Waals surface area contributed by atoms with E-state index in [-0.39, 0.29) is 11.7 Å². The van der Waals surface area contributed by atoms with Gasteiger partial charge in [0.1, 0.15) is 0 Å². The van der Waals surface area contributed by atoms with Crippen LogP contribution in [0.4, 0.5) is 0 Å². The van der Waals surface area contributed by atoms with Gasteiger partial charge < -0.3 is 10.2 Å². The van der Waals surface area contributed by atoms with E-state index in [4.69, 9.17) is 10.2 Å². The lowest BCUT2D eigenvalue weighted by Crippen LogP contribution is -2.20. The van der Waals surface area contributed by atoms with Gasteiger partial charge in [-0.05, 0) is 18.2 Å². The summed E-state index contributed by atoms with van der Waals surface area (Å²) in [6, 6.07) is 4.98. The van der Waals surface area contributed by atoms with Crippen LogP contribution in [0.15, 0.2) is 27.4 Å². The van der Waals surface area contributed by atoms with Crippen molar-refractivity contribution in [2.75, 3.05) is 6.54 Å². The van der Waals surface area contributed by atoms with Crippen molar-refractivity contribution in [3.63, 3.8) is 0 Å².